The zero-order valence-corrected chi connectivity index (χ0v) is 17.3. The van der Waals surface area contributed by atoms with Crippen LogP contribution < -0.4 is 14.8 Å². The second kappa shape index (κ2) is 10.00. The maximum Gasteiger partial charge on any atom is 0.161 e. The van der Waals surface area contributed by atoms with E-state index < -0.39 is 0 Å². The SMILES string of the molecule is CCOc1cc(CNCc2cccs2)ccc1OCc1ccc(Cl)c(Cl)c1. The third kappa shape index (κ3) is 5.88. The van der Waals surface area contributed by atoms with Crippen LogP contribution in [0.15, 0.2) is 53.9 Å². The lowest BCUT2D eigenvalue weighted by molar-refractivity contribution is 0.269. The van der Waals surface area contributed by atoms with Crippen molar-refractivity contribution in [3.8, 4) is 11.5 Å². The fraction of sp³-hybridized carbons (Fsp3) is 0.238. The van der Waals surface area contributed by atoms with Crippen molar-refractivity contribution in [1.82, 2.24) is 5.32 Å². The third-order valence-electron chi connectivity index (χ3n) is 3.89. The molecule has 0 bridgehead atoms. The van der Waals surface area contributed by atoms with Crippen LogP contribution in [0.25, 0.3) is 0 Å². The Labute approximate surface area is 173 Å². The molecule has 1 aromatic heterocycles. The van der Waals surface area contributed by atoms with Crippen LogP contribution in [0.1, 0.15) is 22.9 Å². The third-order valence-corrected chi connectivity index (χ3v) is 5.51. The molecule has 0 aliphatic heterocycles. The summed E-state index contributed by atoms with van der Waals surface area (Å²) < 4.78 is 11.7. The van der Waals surface area contributed by atoms with Gasteiger partial charge in [-0.1, -0.05) is 41.4 Å². The predicted molar refractivity (Wildman–Crippen MR) is 113 cm³/mol. The van der Waals surface area contributed by atoms with E-state index in [0.717, 1.165) is 30.0 Å². The molecule has 0 aliphatic carbocycles. The molecule has 1 N–H and O–H groups in total. The van der Waals surface area contributed by atoms with Gasteiger partial charge in [0, 0.05) is 18.0 Å². The molecule has 0 unspecified atom stereocenters. The van der Waals surface area contributed by atoms with Crippen molar-refractivity contribution >= 4 is 34.5 Å². The van der Waals surface area contributed by atoms with Gasteiger partial charge in [0.2, 0.25) is 0 Å². The number of hydrogen-bond acceptors (Lipinski definition) is 4. The fourth-order valence-corrected chi connectivity index (χ4v) is 3.58. The van der Waals surface area contributed by atoms with Gasteiger partial charge in [0.15, 0.2) is 11.5 Å². The molecule has 142 valence electrons. The number of benzene rings is 2. The van der Waals surface area contributed by atoms with Gasteiger partial charge in [0.05, 0.1) is 16.7 Å². The first-order valence-electron chi connectivity index (χ1n) is 8.71. The quantitative estimate of drug-likeness (QED) is 0.438. The molecule has 0 saturated carbocycles. The lowest BCUT2D eigenvalue weighted by atomic mass is 10.2. The van der Waals surface area contributed by atoms with E-state index >= 15 is 0 Å². The van der Waals surface area contributed by atoms with Gasteiger partial charge >= 0.3 is 0 Å². The average Bonchev–Trinajstić information content (AvgIpc) is 3.17. The zero-order valence-electron chi connectivity index (χ0n) is 15.0. The maximum absolute atomic E-state index is 6.06. The van der Waals surface area contributed by atoms with Gasteiger partial charge in [-0.3, -0.25) is 0 Å². The minimum Gasteiger partial charge on any atom is -0.490 e. The topological polar surface area (TPSA) is 30.5 Å². The van der Waals surface area contributed by atoms with Gasteiger partial charge in [0.1, 0.15) is 6.61 Å². The van der Waals surface area contributed by atoms with Crippen molar-refractivity contribution in [2.75, 3.05) is 6.61 Å². The highest BCUT2D eigenvalue weighted by Crippen LogP contribution is 2.30. The Hall–Kier alpha value is -1.72. The Morgan fingerprint density at radius 3 is 2.48 bits per heavy atom. The van der Waals surface area contributed by atoms with Crippen molar-refractivity contribution in [2.45, 2.75) is 26.6 Å². The number of rotatable bonds is 9. The van der Waals surface area contributed by atoms with E-state index in [9.17, 15) is 0 Å². The Kier molecular flexibility index (Phi) is 7.41. The summed E-state index contributed by atoms with van der Waals surface area (Å²) in [5, 5.41) is 6.60. The molecule has 2 aromatic carbocycles. The second-order valence-corrected chi connectivity index (χ2v) is 7.78. The molecule has 0 radical (unpaired) electrons. The summed E-state index contributed by atoms with van der Waals surface area (Å²) in [4.78, 5) is 1.32. The molecule has 1 heterocycles. The van der Waals surface area contributed by atoms with Crippen molar-refractivity contribution in [3.05, 3.63) is 80.0 Å². The number of thiophene rings is 1. The highest BCUT2D eigenvalue weighted by Gasteiger charge is 2.08. The second-order valence-electron chi connectivity index (χ2n) is 5.93. The monoisotopic (exact) mass is 421 g/mol. The number of ether oxygens (including phenoxy) is 2. The molecular formula is C21H21Cl2NO2S. The molecule has 3 aromatic rings. The van der Waals surface area contributed by atoms with E-state index in [-0.39, 0.29) is 0 Å². The number of nitrogens with one attached hydrogen (secondary N) is 1. The number of halogens is 2. The molecule has 3 rings (SSSR count). The minimum absolute atomic E-state index is 0.396. The molecule has 0 fully saturated rings. The molecule has 27 heavy (non-hydrogen) atoms. The largest absolute Gasteiger partial charge is 0.490 e. The number of hydrogen-bond donors (Lipinski definition) is 1. The van der Waals surface area contributed by atoms with Crippen LogP contribution in [-0.2, 0) is 19.7 Å². The van der Waals surface area contributed by atoms with Gasteiger partial charge in [0.25, 0.3) is 0 Å². The summed E-state index contributed by atoms with van der Waals surface area (Å²) in [5.74, 6) is 1.46. The summed E-state index contributed by atoms with van der Waals surface area (Å²) in [7, 11) is 0. The van der Waals surface area contributed by atoms with Crippen LogP contribution in [0, 0.1) is 0 Å². The summed E-state index contributed by atoms with van der Waals surface area (Å²) in [6.07, 6.45) is 0. The minimum atomic E-state index is 0.396. The molecule has 0 saturated heterocycles. The van der Waals surface area contributed by atoms with Crippen molar-refractivity contribution < 1.29 is 9.47 Å². The van der Waals surface area contributed by atoms with Gasteiger partial charge < -0.3 is 14.8 Å². The summed E-state index contributed by atoms with van der Waals surface area (Å²) in [6, 6.07) is 15.7. The highest BCUT2D eigenvalue weighted by molar-refractivity contribution is 7.09. The average molecular weight is 422 g/mol. The molecule has 0 spiro atoms. The van der Waals surface area contributed by atoms with Crippen molar-refractivity contribution in [2.24, 2.45) is 0 Å². The Balaban J connectivity index is 1.62. The van der Waals surface area contributed by atoms with Gasteiger partial charge in [-0.25, -0.2) is 0 Å². The summed E-state index contributed by atoms with van der Waals surface area (Å²) in [6.45, 7) is 4.56. The van der Waals surface area contributed by atoms with Gasteiger partial charge in [-0.2, -0.15) is 0 Å². The lowest BCUT2D eigenvalue weighted by Gasteiger charge is -2.14. The first-order valence-corrected chi connectivity index (χ1v) is 10.3. The van der Waals surface area contributed by atoms with Crippen molar-refractivity contribution in [3.63, 3.8) is 0 Å². The van der Waals surface area contributed by atoms with E-state index in [1.165, 1.54) is 4.88 Å². The molecule has 3 nitrogen and oxygen atoms in total. The molecule has 0 atom stereocenters. The zero-order chi connectivity index (χ0) is 19.1. The molecular weight excluding hydrogens is 401 g/mol. The fourth-order valence-electron chi connectivity index (χ4n) is 2.58. The molecule has 0 aliphatic rings. The van der Waals surface area contributed by atoms with Gasteiger partial charge in [-0.05, 0) is 53.8 Å². The van der Waals surface area contributed by atoms with E-state index in [2.05, 4.69) is 22.8 Å². The van der Waals surface area contributed by atoms with E-state index in [1.807, 2.05) is 37.3 Å². The van der Waals surface area contributed by atoms with Crippen LogP contribution >= 0.6 is 34.5 Å². The van der Waals surface area contributed by atoms with E-state index in [1.54, 1.807) is 17.4 Å². The lowest BCUT2D eigenvalue weighted by Crippen LogP contribution is -2.12. The smallest absolute Gasteiger partial charge is 0.161 e. The Morgan fingerprint density at radius 2 is 1.74 bits per heavy atom. The van der Waals surface area contributed by atoms with Gasteiger partial charge in [-0.15, -0.1) is 11.3 Å². The first kappa shape index (κ1) is 20.0. The Morgan fingerprint density at radius 1 is 0.889 bits per heavy atom. The first-order chi connectivity index (χ1) is 13.2. The van der Waals surface area contributed by atoms with Crippen LogP contribution in [0.3, 0.4) is 0 Å². The summed E-state index contributed by atoms with van der Waals surface area (Å²) >= 11 is 13.8. The standard InChI is InChI=1S/C21H21Cl2NO2S/c1-2-25-21-11-15(12-24-13-17-4-3-9-27-17)6-8-20(21)26-14-16-5-7-18(22)19(23)10-16/h3-11,24H,2,12-14H2,1H3. The predicted octanol–water partition coefficient (Wildman–Crippen LogP) is 6.32. The van der Waals surface area contributed by atoms with Crippen molar-refractivity contribution in [1.29, 1.82) is 0 Å². The van der Waals surface area contributed by atoms with Crippen LogP contribution in [0.2, 0.25) is 10.0 Å². The van der Waals surface area contributed by atoms with E-state index in [0.29, 0.717) is 29.0 Å². The Bertz CT molecular complexity index is 869. The summed E-state index contributed by atoms with van der Waals surface area (Å²) in [5.41, 5.74) is 2.10. The van der Waals surface area contributed by atoms with E-state index in [4.69, 9.17) is 32.7 Å². The van der Waals surface area contributed by atoms with Crippen LogP contribution in [0.4, 0.5) is 0 Å². The van der Waals surface area contributed by atoms with Crippen LogP contribution in [-0.4, -0.2) is 6.61 Å². The van der Waals surface area contributed by atoms with Crippen LogP contribution in [0.5, 0.6) is 11.5 Å². The maximum atomic E-state index is 6.06. The normalized spacial score (nSPS) is 10.8. The highest BCUT2D eigenvalue weighted by atomic mass is 35.5. The molecule has 6 heteroatoms. The molecule has 0 amide bonds.